The number of sulfone groups is 1. The number of pyridine rings is 1. The van der Waals surface area contributed by atoms with Gasteiger partial charge in [-0.15, -0.1) is 0 Å². The summed E-state index contributed by atoms with van der Waals surface area (Å²) in [5.74, 6) is 0.0857. The van der Waals surface area contributed by atoms with Crippen LogP contribution in [0.25, 0.3) is 27.5 Å². The minimum Gasteiger partial charge on any atom is -0.338 e. The molecular formula is C24H23N3O3S. The van der Waals surface area contributed by atoms with E-state index in [4.69, 9.17) is 0 Å². The highest BCUT2D eigenvalue weighted by Crippen LogP contribution is 2.32. The molecule has 2 aromatic carbocycles. The Morgan fingerprint density at radius 2 is 1.81 bits per heavy atom. The molecule has 6 nitrogen and oxygen atoms in total. The van der Waals surface area contributed by atoms with Crippen LogP contribution in [0.5, 0.6) is 0 Å². The van der Waals surface area contributed by atoms with Crippen LogP contribution in [0.15, 0.2) is 66.9 Å². The van der Waals surface area contributed by atoms with Crippen molar-refractivity contribution < 1.29 is 13.2 Å². The molecule has 158 valence electrons. The number of carbonyl (C=O) groups is 1. The van der Waals surface area contributed by atoms with E-state index in [1.165, 1.54) is 6.26 Å². The van der Waals surface area contributed by atoms with Gasteiger partial charge in [0.25, 0.3) is 5.91 Å². The van der Waals surface area contributed by atoms with Crippen LogP contribution < -0.4 is 0 Å². The van der Waals surface area contributed by atoms with Crippen molar-refractivity contribution >= 4 is 32.0 Å². The van der Waals surface area contributed by atoms with Crippen LogP contribution in [0.4, 0.5) is 0 Å². The Bertz CT molecular complexity index is 1410. The topological polar surface area (TPSA) is 71.8 Å². The Labute approximate surface area is 181 Å². The molecular weight excluding hydrogens is 410 g/mol. The van der Waals surface area contributed by atoms with E-state index in [2.05, 4.69) is 5.10 Å². The van der Waals surface area contributed by atoms with Crippen molar-refractivity contribution in [3.05, 3.63) is 72.4 Å². The Morgan fingerprint density at radius 1 is 1.03 bits per heavy atom. The van der Waals surface area contributed by atoms with Crippen LogP contribution in [0.3, 0.4) is 0 Å². The Kier molecular flexibility index (Phi) is 4.78. The van der Waals surface area contributed by atoms with E-state index in [9.17, 15) is 13.2 Å². The fourth-order valence-electron chi connectivity index (χ4n) is 4.62. The van der Waals surface area contributed by atoms with E-state index >= 15 is 0 Å². The van der Waals surface area contributed by atoms with Gasteiger partial charge in [-0.3, -0.25) is 4.79 Å². The first kappa shape index (κ1) is 19.8. The summed E-state index contributed by atoms with van der Waals surface area (Å²) in [6.07, 6.45) is 3.75. The van der Waals surface area contributed by atoms with Crippen molar-refractivity contribution in [2.45, 2.75) is 6.42 Å². The molecule has 0 saturated carbocycles. The Morgan fingerprint density at radius 3 is 2.65 bits per heavy atom. The average Bonchev–Trinajstić information content (AvgIpc) is 3.40. The van der Waals surface area contributed by atoms with Gasteiger partial charge in [-0.05, 0) is 47.4 Å². The number of rotatable bonds is 4. The van der Waals surface area contributed by atoms with Gasteiger partial charge in [0.1, 0.15) is 9.84 Å². The summed E-state index contributed by atoms with van der Waals surface area (Å²) in [6.45, 7) is 1.07. The molecule has 1 aliphatic rings. The minimum atomic E-state index is -3.05. The van der Waals surface area contributed by atoms with Gasteiger partial charge in [0.05, 0.1) is 23.2 Å². The van der Waals surface area contributed by atoms with Gasteiger partial charge in [-0.2, -0.15) is 5.10 Å². The summed E-state index contributed by atoms with van der Waals surface area (Å²) in [4.78, 5) is 15.1. The average molecular weight is 434 g/mol. The highest BCUT2D eigenvalue weighted by atomic mass is 32.2. The molecule has 0 N–H and O–H groups in total. The first-order chi connectivity index (χ1) is 14.9. The Hall–Kier alpha value is -3.19. The van der Waals surface area contributed by atoms with Gasteiger partial charge < -0.3 is 4.90 Å². The van der Waals surface area contributed by atoms with E-state index < -0.39 is 9.84 Å². The molecule has 0 aliphatic carbocycles. The van der Waals surface area contributed by atoms with E-state index in [1.807, 2.05) is 65.2 Å². The lowest BCUT2D eigenvalue weighted by Crippen LogP contribution is -2.29. The van der Waals surface area contributed by atoms with E-state index in [-0.39, 0.29) is 17.6 Å². The number of hydrogen-bond donors (Lipinski definition) is 0. The van der Waals surface area contributed by atoms with Crippen molar-refractivity contribution in [3.63, 3.8) is 0 Å². The molecule has 1 atom stereocenters. The standard InChI is InChI=1S/C24H23N3O3S/c1-31(29,30)16-17-12-14-26(15-17)24(28)22-9-4-6-19-20(22)7-3-8-21(19)23-10-2-5-18-11-13-25-27(18)23/h2-11,13,17H,12,14-16H2,1H3. The van der Waals surface area contributed by atoms with Gasteiger partial charge in [0.2, 0.25) is 0 Å². The highest BCUT2D eigenvalue weighted by molar-refractivity contribution is 7.90. The largest absolute Gasteiger partial charge is 0.338 e. The molecule has 31 heavy (non-hydrogen) atoms. The first-order valence-corrected chi connectivity index (χ1v) is 12.4. The maximum atomic E-state index is 13.3. The van der Waals surface area contributed by atoms with E-state index in [0.717, 1.165) is 34.0 Å². The SMILES string of the molecule is CS(=O)(=O)CC1CCN(C(=O)c2cccc3c(-c4cccc5ccnn45)cccc23)C1. The molecule has 7 heteroatoms. The number of amides is 1. The molecule has 5 rings (SSSR count). The maximum Gasteiger partial charge on any atom is 0.254 e. The summed E-state index contributed by atoms with van der Waals surface area (Å²) in [5, 5.41) is 6.33. The summed E-state index contributed by atoms with van der Waals surface area (Å²) < 4.78 is 25.2. The zero-order valence-corrected chi connectivity index (χ0v) is 18.0. The molecule has 1 unspecified atom stereocenters. The number of nitrogens with zero attached hydrogens (tertiary/aromatic N) is 3. The van der Waals surface area contributed by atoms with Crippen LogP contribution in [0.2, 0.25) is 0 Å². The van der Waals surface area contributed by atoms with Crippen LogP contribution in [0.1, 0.15) is 16.8 Å². The van der Waals surface area contributed by atoms with Gasteiger partial charge in [-0.1, -0.05) is 36.4 Å². The van der Waals surface area contributed by atoms with Gasteiger partial charge >= 0.3 is 0 Å². The van der Waals surface area contributed by atoms with Crippen LogP contribution in [-0.4, -0.2) is 53.9 Å². The molecule has 2 aromatic heterocycles. The fourth-order valence-corrected chi connectivity index (χ4v) is 5.75. The third-order valence-corrected chi connectivity index (χ3v) is 7.04. The predicted molar refractivity (Wildman–Crippen MR) is 122 cm³/mol. The lowest BCUT2D eigenvalue weighted by atomic mass is 9.97. The predicted octanol–water partition coefficient (Wildman–Crippen LogP) is 3.66. The molecule has 0 radical (unpaired) electrons. The number of hydrogen-bond acceptors (Lipinski definition) is 4. The summed E-state index contributed by atoms with van der Waals surface area (Å²) in [7, 11) is -3.05. The monoisotopic (exact) mass is 433 g/mol. The zero-order valence-electron chi connectivity index (χ0n) is 17.2. The van der Waals surface area contributed by atoms with Gasteiger partial charge in [0, 0.05) is 30.5 Å². The Balaban J connectivity index is 1.54. The second-order valence-electron chi connectivity index (χ2n) is 8.28. The number of carbonyl (C=O) groups excluding carboxylic acids is 1. The molecule has 1 fully saturated rings. The van der Waals surface area contributed by atoms with E-state index in [0.29, 0.717) is 18.7 Å². The smallest absolute Gasteiger partial charge is 0.254 e. The quantitative estimate of drug-likeness (QED) is 0.492. The van der Waals surface area contributed by atoms with Crippen LogP contribution in [0, 0.1) is 5.92 Å². The van der Waals surface area contributed by atoms with Gasteiger partial charge in [-0.25, -0.2) is 12.9 Å². The van der Waals surface area contributed by atoms with Crippen molar-refractivity contribution in [1.82, 2.24) is 14.5 Å². The fraction of sp³-hybridized carbons (Fsp3) is 0.250. The molecule has 0 spiro atoms. The third-order valence-electron chi connectivity index (χ3n) is 5.96. The van der Waals surface area contributed by atoms with Gasteiger partial charge in [0.15, 0.2) is 0 Å². The summed E-state index contributed by atoms with van der Waals surface area (Å²) in [5.41, 5.74) is 3.63. The first-order valence-electron chi connectivity index (χ1n) is 10.3. The molecule has 3 heterocycles. The highest BCUT2D eigenvalue weighted by Gasteiger charge is 2.29. The molecule has 4 aromatic rings. The van der Waals surface area contributed by atoms with Crippen molar-refractivity contribution in [1.29, 1.82) is 0 Å². The molecule has 1 amide bonds. The van der Waals surface area contributed by atoms with Crippen molar-refractivity contribution in [2.75, 3.05) is 25.1 Å². The molecule has 0 bridgehead atoms. The van der Waals surface area contributed by atoms with Crippen LogP contribution in [-0.2, 0) is 9.84 Å². The maximum absolute atomic E-state index is 13.3. The lowest BCUT2D eigenvalue weighted by Gasteiger charge is -2.18. The van der Waals surface area contributed by atoms with Crippen LogP contribution >= 0.6 is 0 Å². The van der Waals surface area contributed by atoms with Crippen molar-refractivity contribution in [2.24, 2.45) is 5.92 Å². The number of fused-ring (bicyclic) bond motifs is 2. The summed E-state index contributed by atoms with van der Waals surface area (Å²) >= 11 is 0. The second-order valence-corrected chi connectivity index (χ2v) is 10.5. The lowest BCUT2D eigenvalue weighted by molar-refractivity contribution is 0.0790. The minimum absolute atomic E-state index is 0.00176. The molecule has 1 saturated heterocycles. The third kappa shape index (κ3) is 3.70. The van der Waals surface area contributed by atoms with E-state index in [1.54, 1.807) is 11.1 Å². The zero-order chi connectivity index (χ0) is 21.6. The van der Waals surface area contributed by atoms with Crippen molar-refractivity contribution in [3.8, 4) is 11.3 Å². The number of likely N-dealkylation sites (tertiary alicyclic amines) is 1. The molecule has 1 aliphatic heterocycles. The second kappa shape index (κ2) is 7.50. The number of aromatic nitrogens is 2. The summed E-state index contributed by atoms with van der Waals surface area (Å²) in [6, 6.07) is 19.8. The normalized spacial score (nSPS) is 16.9. The number of benzene rings is 2.